The molecule has 4 rings (SSSR count). The van der Waals surface area contributed by atoms with Crippen molar-refractivity contribution in [2.75, 3.05) is 19.0 Å². The Morgan fingerprint density at radius 1 is 0.750 bits per heavy atom. The number of esters is 2. The summed E-state index contributed by atoms with van der Waals surface area (Å²) in [5.41, 5.74) is 2.27. The Bertz CT molecular complexity index is 1470. The van der Waals surface area contributed by atoms with Gasteiger partial charge in [0.1, 0.15) is 6.10 Å². The van der Waals surface area contributed by atoms with Gasteiger partial charge in [-0.25, -0.2) is 4.79 Å². The first kappa shape index (κ1) is 36.1. The maximum Gasteiger partial charge on any atom is 0.412 e. The summed E-state index contributed by atoms with van der Waals surface area (Å²) in [4.78, 5) is 40.8. The number of anilines is 1. The quantitative estimate of drug-likeness (QED) is 0.114. The summed E-state index contributed by atoms with van der Waals surface area (Å²) in [6.45, 7) is 6.99. The lowest BCUT2D eigenvalue weighted by Crippen LogP contribution is -2.63. The number of rotatable bonds is 16. The molecule has 0 aliphatic carbocycles. The molecular formula is C38H43NO9. The van der Waals surface area contributed by atoms with Gasteiger partial charge in [-0.2, -0.15) is 0 Å². The molecule has 1 heterocycles. The molecule has 1 saturated heterocycles. The second-order valence-corrected chi connectivity index (χ2v) is 11.4. The van der Waals surface area contributed by atoms with Crippen LogP contribution in [0.1, 0.15) is 24.0 Å². The zero-order chi connectivity index (χ0) is 34.3. The van der Waals surface area contributed by atoms with Crippen molar-refractivity contribution in [2.24, 2.45) is 11.8 Å². The second kappa shape index (κ2) is 18.5. The highest BCUT2D eigenvalue weighted by molar-refractivity contribution is 5.84. The Kier molecular flexibility index (Phi) is 13.9. The van der Waals surface area contributed by atoms with Crippen molar-refractivity contribution >= 4 is 23.7 Å². The largest absolute Gasteiger partial charge is 0.455 e. The minimum atomic E-state index is -1.41. The number of aliphatic hydroxyl groups is 1. The number of carbonyl (C=O) groups is 3. The molecule has 0 spiro atoms. The molecule has 0 aromatic heterocycles. The van der Waals surface area contributed by atoms with E-state index in [2.05, 4.69) is 18.5 Å². The molecule has 1 fully saturated rings. The molecule has 10 nitrogen and oxygen atoms in total. The topological polar surface area (TPSA) is 130 Å². The van der Waals surface area contributed by atoms with E-state index >= 15 is 0 Å². The molecule has 3 aromatic rings. The molecule has 254 valence electrons. The normalized spacial score (nSPS) is 21.6. The average molecular weight is 658 g/mol. The van der Waals surface area contributed by atoms with E-state index in [4.69, 9.17) is 23.7 Å². The minimum Gasteiger partial charge on any atom is -0.455 e. The molecule has 3 aromatic carbocycles. The van der Waals surface area contributed by atoms with E-state index in [1.54, 1.807) is 42.5 Å². The van der Waals surface area contributed by atoms with Crippen LogP contribution in [0.5, 0.6) is 0 Å². The fraction of sp³-hybridized carbons (Fsp3) is 0.342. The summed E-state index contributed by atoms with van der Waals surface area (Å²) in [7, 11) is 1.33. The van der Waals surface area contributed by atoms with Crippen LogP contribution in [0, 0.1) is 11.8 Å². The Labute approximate surface area is 281 Å². The third kappa shape index (κ3) is 10.1. The van der Waals surface area contributed by atoms with Gasteiger partial charge in [0.15, 0.2) is 24.6 Å². The standard InChI is InChI=1S/C38H43NO9/c1-4-15-28(23-26-17-9-6-10-18-26)35(41)46-32-31(25-40)45-37(44-3)34(48-38(43)39-30-21-13-8-14-22-30)33(32)47-36(42)29(16-5-2)24-27-19-11-7-12-20-27/h4-14,17-22,28-29,31-34,37,40H,1-2,15-16,23-25H2,3H3,(H,39,43)/t28-,29-,31-,32-,33+,34-,37+/m1/s1. The second-order valence-electron chi connectivity index (χ2n) is 11.4. The SMILES string of the molecule is C=CC[C@H](Cc1ccccc1)C(=O)O[C@@H]1[C@@H](OC(=O)Nc2ccccc2)[C@@H](OC)O[C@H](CO)[C@H]1OC(=O)[C@H](CC=C)Cc1ccccc1. The highest BCUT2D eigenvalue weighted by Gasteiger charge is 2.53. The van der Waals surface area contributed by atoms with Crippen molar-refractivity contribution in [1.29, 1.82) is 0 Å². The van der Waals surface area contributed by atoms with Gasteiger partial charge in [0.2, 0.25) is 0 Å². The van der Waals surface area contributed by atoms with E-state index in [9.17, 15) is 19.5 Å². The van der Waals surface area contributed by atoms with Crippen molar-refractivity contribution in [1.82, 2.24) is 0 Å². The van der Waals surface area contributed by atoms with Gasteiger partial charge >= 0.3 is 18.0 Å². The summed E-state index contributed by atoms with van der Waals surface area (Å²) in [5, 5.41) is 13.0. The average Bonchev–Trinajstić information content (AvgIpc) is 3.10. The zero-order valence-corrected chi connectivity index (χ0v) is 27.0. The predicted molar refractivity (Wildman–Crippen MR) is 180 cm³/mol. The number of carbonyl (C=O) groups excluding carboxylic acids is 3. The highest BCUT2D eigenvalue weighted by Crippen LogP contribution is 2.32. The van der Waals surface area contributed by atoms with Gasteiger partial charge in [-0.05, 0) is 48.9 Å². The molecule has 0 radical (unpaired) electrons. The third-order valence-corrected chi connectivity index (χ3v) is 7.99. The number of methoxy groups -OCH3 is 1. The number of hydrogen-bond donors (Lipinski definition) is 2. The minimum absolute atomic E-state index is 0.289. The van der Waals surface area contributed by atoms with Crippen molar-refractivity contribution in [3.8, 4) is 0 Å². The summed E-state index contributed by atoms with van der Waals surface area (Å²) < 4.78 is 29.4. The predicted octanol–water partition coefficient (Wildman–Crippen LogP) is 5.66. The monoisotopic (exact) mass is 657 g/mol. The fourth-order valence-electron chi connectivity index (χ4n) is 5.60. The maximum atomic E-state index is 13.9. The molecule has 1 aliphatic rings. The Hall–Kier alpha value is -4.77. The first-order chi connectivity index (χ1) is 23.4. The summed E-state index contributed by atoms with van der Waals surface area (Å²) in [5.74, 6) is -2.57. The molecule has 2 N–H and O–H groups in total. The lowest BCUT2D eigenvalue weighted by molar-refractivity contribution is -0.299. The van der Waals surface area contributed by atoms with E-state index in [1.807, 2.05) is 60.7 Å². The van der Waals surface area contributed by atoms with Crippen LogP contribution >= 0.6 is 0 Å². The van der Waals surface area contributed by atoms with Crippen molar-refractivity contribution in [3.63, 3.8) is 0 Å². The Balaban J connectivity index is 1.66. The van der Waals surface area contributed by atoms with Crippen LogP contribution in [0.25, 0.3) is 0 Å². The number of nitrogens with one attached hydrogen (secondary N) is 1. The lowest BCUT2D eigenvalue weighted by atomic mass is 9.94. The molecule has 48 heavy (non-hydrogen) atoms. The molecule has 1 aliphatic heterocycles. The van der Waals surface area contributed by atoms with Crippen LogP contribution in [0.4, 0.5) is 10.5 Å². The number of benzene rings is 3. The highest BCUT2D eigenvalue weighted by atomic mass is 16.7. The van der Waals surface area contributed by atoms with Crippen LogP contribution in [0.15, 0.2) is 116 Å². The molecule has 10 heteroatoms. The Morgan fingerprint density at radius 2 is 1.23 bits per heavy atom. The van der Waals surface area contributed by atoms with Gasteiger partial charge in [0.05, 0.1) is 18.4 Å². The number of para-hydroxylation sites is 1. The first-order valence-corrected chi connectivity index (χ1v) is 15.9. The summed E-state index contributed by atoms with van der Waals surface area (Å²) >= 11 is 0. The smallest absolute Gasteiger partial charge is 0.412 e. The van der Waals surface area contributed by atoms with Crippen molar-refractivity contribution < 1.29 is 43.2 Å². The van der Waals surface area contributed by atoms with Crippen molar-refractivity contribution in [3.05, 3.63) is 127 Å². The number of hydrogen-bond acceptors (Lipinski definition) is 9. The van der Waals surface area contributed by atoms with E-state index in [1.165, 1.54) is 7.11 Å². The molecule has 0 unspecified atom stereocenters. The van der Waals surface area contributed by atoms with Crippen LogP contribution < -0.4 is 5.32 Å². The number of amides is 1. The molecular weight excluding hydrogens is 614 g/mol. The van der Waals surface area contributed by atoms with Crippen molar-refractivity contribution in [2.45, 2.75) is 56.4 Å². The summed E-state index contributed by atoms with van der Waals surface area (Å²) in [6, 6.07) is 27.5. The van der Waals surface area contributed by atoms with Gasteiger partial charge in [-0.1, -0.05) is 91.0 Å². The maximum absolute atomic E-state index is 13.9. The third-order valence-electron chi connectivity index (χ3n) is 7.99. The van der Waals surface area contributed by atoms with Gasteiger partial charge in [-0.15, -0.1) is 13.2 Å². The first-order valence-electron chi connectivity index (χ1n) is 15.9. The van der Waals surface area contributed by atoms with Crippen LogP contribution in [-0.2, 0) is 46.1 Å². The lowest BCUT2D eigenvalue weighted by Gasteiger charge is -2.44. The van der Waals surface area contributed by atoms with Gasteiger partial charge in [0.25, 0.3) is 0 Å². The van der Waals surface area contributed by atoms with E-state index in [0.29, 0.717) is 24.9 Å². The van der Waals surface area contributed by atoms with E-state index < -0.39 is 67.2 Å². The van der Waals surface area contributed by atoms with Gasteiger partial charge < -0.3 is 28.8 Å². The van der Waals surface area contributed by atoms with Crippen LogP contribution in [-0.4, -0.2) is 67.6 Å². The van der Waals surface area contributed by atoms with Gasteiger partial charge in [0, 0.05) is 12.8 Å². The zero-order valence-electron chi connectivity index (χ0n) is 27.0. The molecule has 0 bridgehead atoms. The molecule has 7 atom stereocenters. The molecule has 1 amide bonds. The van der Waals surface area contributed by atoms with Crippen LogP contribution in [0.2, 0.25) is 0 Å². The fourth-order valence-corrected chi connectivity index (χ4v) is 5.60. The number of ether oxygens (including phenoxy) is 5. The van der Waals surface area contributed by atoms with Crippen LogP contribution in [0.3, 0.4) is 0 Å². The summed E-state index contributed by atoms with van der Waals surface area (Å²) in [6.07, 6.45) is -2.99. The Morgan fingerprint density at radius 3 is 1.69 bits per heavy atom. The van der Waals surface area contributed by atoms with Gasteiger partial charge in [-0.3, -0.25) is 14.9 Å². The molecule has 0 saturated carbocycles. The number of aliphatic hydroxyl groups excluding tert-OH is 1. The van der Waals surface area contributed by atoms with E-state index in [-0.39, 0.29) is 6.42 Å². The number of allylic oxidation sites excluding steroid dienone is 2. The van der Waals surface area contributed by atoms with E-state index in [0.717, 1.165) is 11.1 Å².